The molecule has 2 rings (SSSR count). The normalized spacial score (nSPS) is 18.9. The fourth-order valence-electron chi connectivity index (χ4n) is 2.95. The molecule has 2 N–H and O–H groups in total. The summed E-state index contributed by atoms with van der Waals surface area (Å²) >= 11 is 0. The lowest BCUT2D eigenvalue weighted by atomic mass is 9.82. The minimum Gasteiger partial charge on any atom is -0.504 e. The van der Waals surface area contributed by atoms with E-state index in [1.807, 2.05) is 6.07 Å². The maximum atomic E-state index is 9.95. The van der Waals surface area contributed by atoms with Gasteiger partial charge >= 0.3 is 0 Å². The lowest BCUT2D eigenvalue weighted by molar-refractivity contribution is 0.271. The van der Waals surface area contributed by atoms with E-state index in [4.69, 9.17) is 0 Å². The number of rotatable bonds is 4. The first-order chi connectivity index (χ1) is 8.67. The van der Waals surface area contributed by atoms with Gasteiger partial charge in [0, 0.05) is 12.1 Å². The van der Waals surface area contributed by atoms with Gasteiger partial charge in [-0.1, -0.05) is 19.9 Å². The molecule has 0 amide bonds. The van der Waals surface area contributed by atoms with Crippen LogP contribution in [0, 0.1) is 0 Å². The van der Waals surface area contributed by atoms with Crippen LogP contribution in [0.1, 0.15) is 43.7 Å². The van der Waals surface area contributed by atoms with Crippen LogP contribution in [0.25, 0.3) is 0 Å². The van der Waals surface area contributed by atoms with Crippen molar-refractivity contribution in [3.8, 4) is 11.5 Å². The van der Waals surface area contributed by atoms with Gasteiger partial charge in [-0.25, -0.2) is 0 Å². The fraction of sp³-hybridized carbons (Fsp3) is 0.600. The van der Waals surface area contributed by atoms with Crippen LogP contribution < -0.4 is 0 Å². The SMILES string of the molecule is CCN(CC)C[C@H]1CCCc2c1ccc(O)c2O. The van der Waals surface area contributed by atoms with Crippen molar-refractivity contribution in [3.63, 3.8) is 0 Å². The largest absolute Gasteiger partial charge is 0.504 e. The van der Waals surface area contributed by atoms with Crippen molar-refractivity contribution in [2.24, 2.45) is 0 Å². The molecule has 0 aliphatic heterocycles. The first kappa shape index (κ1) is 13.2. The van der Waals surface area contributed by atoms with Crippen molar-refractivity contribution in [1.29, 1.82) is 0 Å². The second kappa shape index (κ2) is 5.61. The Morgan fingerprint density at radius 2 is 1.94 bits per heavy atom. The summed E-state index contributed by atoms with van der Waals surface area (Å²) in [7, 11) is 0. The maximum Gasteiger partial charge on any atom is 0.160 e. The number of likely N-dealkylation sites (N-methyl/N-ethyl adjacent to an activating group) is 1. The molecule has 0 unspecified atom stereocenters. The van der Waals surface area contributed by atoms with Crippen LogP contribution in [-0.4, -0.2) is 34.7 Å². The third-order valence-corrected chi connectivity index (χ3v) is 4.09. The number of phenols is 2. The van der Waals surface area contributed by atoms with Crippen LogP contribution in [-0.2, 0) is 6.42 Å². The van der Waals surface area contributed by atoms with Crippen molar-refractivity contribution in [3.05, 3.63) is 23.3 Å². The summed E-state index contributed by atoms with van der Waals surface area (Å²) in [6.07, 6.45) is 3.15. The van der Waals surface area contributed by atoms with Gasteiger partial charge in [-0.3, -0.25) is 0 Å². The zero-order valence-corrected chi connectivity index (χ0v) is 11.3. The van der Waals surface area contributed by atoms with E-state index in [1.165, 1.54) is 12.0 Å². The predicted molar refractivity (Wildman–Crippen MR) is 73.2 cm³/mol. The van der Waals surface area contributed by atoms with E-state index in [9.17, 15) is 10.2 Å². The number of hydrogen-bond donors (Lipinski definition) is 2. The Bertz CT molecular complexity index is 413. The summed E-state index contributed by atoms with van der Waals surface area (Å²) in [6.45, 7) is 7.53. The Labute approximate surface area is 109 Å². The van der Waals surface area contributed by atoms with E-state index in [2.05, 4.69) is 18.7 Å². The molecule has 1 aromatic carbocycles. The monoisotopic (exact) mass is 249 g/mol. The Morgan fingerprint density at radius 1 is 1.22 bits per heavy atom. The van der Waals surface area contributed by atoms with E-state index in [1.54, 1.807) is 6.07 Å². The lowest BCUT2D eigenvalue weighted by Gasteiger charge is -2.30. The summed E-state index contributed by atoms with van der Waals surface area (Å²) in [5.41, 5.74) is 2.18. The topological polar surface area (TPSA) is 43.7 Å². The number of fused-ring (bicyclic) bond motifs is 1. The molecule has 3 heteroatoms. The van der Waals surface area contributed by atoms with Crippen LogP contribution in [0.3, 0.4) is 0 Å². The summed E-state index contributed by atoms with van der Waals surface area (Å²) in [5.74, 6) is 0.592. The Morgan fingerprint density at radius 3 is 2.61 bits per heavy atom. The van der Waals surface area contributed by atoms with Gasteiger partial charge in [0.25, 0.3) is 0 Å². The van der Waals surface area contributed by atoms with Gasteiger partial charge in [-0.2, -0.15) is 0 Å². The zero-order valence-electron chi connectivity index (χ0n) is 11.3. The smallest absolute Gasteiger partial charge is 0.160 e. The van der Waals surface area contributed by atoms with Crippen molar-refractivity contribution >= 4 is 0 Å². The number of nitrogens with zero attached hydrogens (tertiary/aromatic N) is 1. The highest BCUT2D eigenvalue weighted by molar-refractivity contribution is 5.51. The van der Waals surface area contributed by atoms with Crippen molar-refractivity contribution in [2.75, 3.05) is 19.6 Å². The molecule has 1 aliphatic rings. The summed E-state index contributed by atoms with van der Waals surface area (Å²) < 4.78 is 0. The Hall–Kier alpha value is -1.22. The van der Waals surface area contributed by atoms with Crippen LogP contribution in [0.15, 0.2) is 12.1 Å². The summed E-state index contributed by atoms with van der Waals surface area (Å²) in [6, 6.07) is 3.60. The molecule has 100 valence electrons. The molecular formula is C15H23NO2. The highest BCUT2D eigenvalue weighted by Crippen LogP contribution is 2.40. The van der Waals surface area contributed by atoms with Gasteiger partial charge < -0.3 is 15.1 Å². The second-order valence-electron chi connectivity index (χ2n) is 5.08. The lowest BCUT2D eigenvalue weighted by Crippen LogP contribution is -2.29. The second-order valence-corrected chi connectivity index (χ2v) is 5.08. The van der Waals surface area contributed by atoms with Crippen molar-refractivity contribution in [2.45, 2.75) is 39.0 Å². The van der Waals surface area contributed by atoms with Gasteiger partial charge in [0.1, 0.15) is 0 Å². The van der Waals surface area contributed by atoms with E-state index in [0.29, 0.717) is 5.92 Å². The molecular weight excluding hydrogens is 226 g/mol. The van der Waals surface area contributed by atoms with Crippen LogP contribution in [0.4, 0.5) is 0 Å². The molecule has 0 saturated heterocycles. The standard InChI is InChI=1S/C15H23NO2/c1-3-16(4-2)10-11-6-5-7-13-12(11)8-9-14(17)15(13)18/h8-9,11,17-18H,3-7,10H2,1-2H3/t11-/m1/s1. The maximum absolute atomic E-state index is 9.95. The van der Waals surface area contributed by atoms with Gasteiger partial charge in [0.05, 0.1) is 0 Å². The predicted octanol–water partition coefficient (Wildman–Crippen LogP) is 2.86. The molecule has 1 aliphatic carbocycles. The molecule has 0 heterocycles. The Balaban J connectivity index is 2.25. The summed E-state index contributed by atoms with van der Waals surface area (Å²) in [5, 5.41) is 19.5. The third-order valence-electron chi connectivity index (χ3n) is 4.09. The molecule has 3 nitrogen and oxygen atoms in total. The third kappa shape index (κ3) is 2.46. The highest BCUT2D eigenvalue weighted by atomic mass is 16.3. The average molecular weight is 249 g/mol. The molecule has 0 bridgehead atoms. The molecule has 0 spiro atoms. The molecule has 0 aromatic heterocycles. The van der Waals surface area contributed by atoms with Gasteiger partial charge in [0.2, 0.25) is 0 Å². The van der Waals surface area contributed by atoms with E-state index < -0.39 is 0 Å². The van der Waals surface area contributed by atoms with Gasteiger partial charge in [0.15, 0.2) is 11.5 Å². The van der Waals surface area contributed by atoms with Crippen LogP contribution in [0.2, 0.25) is 0 Å². The zero-order chi connectivity index (χ0) is 13.1. The number of phenolic OH excluding ortho intramolecular Hbond substituents is 2. The highest BCUT2D eigenvalue weighted by Gasteiger charge is 2.24. The van der Waals surface area contributed by atoms with E-state index in [-0.39, 0.29) is 11.5 Å². The van der Waals surface area contributed by atoms with Gasteiger partial charge in [-0.15, -0.1) is 0 Å². The number of aromatic hydroxyl groups is 2. The van der Waals surface area contributed by atoms with Crippen LogP contribution in [0.5, 0.6) is 11.5 Å². The van der Waals surface area contributed by atoms with E-state index in [0.717, 1.165) is 38.0 Å². The number of benzene rings is 1. The van der Waals surface area contributed by atoms with Crippen LogP contribution >= 0.6 is 0 Å². The van der Waals surface area contributed by atoms with E-state index >= 15 is 0 Å². The molecule has 0 radical (unpaired) electrons. The molecule has 0 saturated carbocycles. The molecule has 1 atom stereocenters. The molecule has 18 heavy (non-hydrogen) atoms. The first-order valence-electron chi connectivity index (χ1n) is 6.93. The van der Waals surface area contributed by atoms with Crippen molar-refractivity contribution in [1.82, 2.24) is 4.90 Å². The summed E-state index contributed by atoms with van der Waals surface area (Å²) in [4.78, 5) is 2.42. The quantitative estimate of drug-likeness (QED) is 0.806. The molecule has 1 aromatic rings. The van der Waals surface area contributed by atoms with Crippen molar-refractivity contribution < 1.29 is 10.2 Å². The first-order valence-corrected chi connectivity index (χ1v) is 6.93. The number of hydrogen-bond acceptors (Lipinski definition) is 3. The molecule has 0 fully saturated rings. The average Bonchev–Trinajstić information content (AvgIpc) is 2.40. The fourth-order valence-corrected chi connectivity index (χ4v) is 2.95. The Kier molecular flexibility index (Phi) is 4.12. The minimum atomic E-state index is 0.0113. The van der Waals surface area contributed by atoms with Gasteiger partial charge in [-0.05, 0) is 49.9 Å². The minimum absolute atomic E-state index is 0.0113.